The van der Waals surface area contributed by atoms with Gasteiger partial charge in [0.15, 0.2) is 0 Å². The summed E-state index contributed by atoms with van der Waals surface area (Å²) in [5, 5.41) is 2.93. The summed E-state index contributed by atoms with van der Waals surface area (Å²) in [4.78, 5) is 0. The molecule has 0 aliphatic heterocycles. The van der Waals surface area contributed by atoms with Crippen LogP contribution in [-0.4, -0.2) is 0 Å². The van der Waals surface area contributed by atoms with Crippen LogP contribution >= 0.6 is 11.6 Å². The summed E-state index contributed by atoms with van der Waals surface area (Å²) in [6.45, 7) is 0. The minimum absolute atomic E-state index is 0.136. The minimum Gasteiger partial charge on any atom is -0.320 e. The number of benzene rings is 3. The average molecular weight is 268 g/mol. The normalized spacial score (nSPS) is 12.5. The molecule has 0 aliphatic rings. The topological polar surface area (TPSA) is 26.0 Å². The molecule has 0 radical (unpaired) electrons. The molecule has 94 valence electrons. The summed E-state index contributed by atoms with van der Waals surface area (Å²) >= 11 is 6.24. The highest BCUT2D eigenvalue weighted by Gasteiger charge is 2.12. The Balaban J connectivity index is 2.18. The third kappa shape index (κ3) is 2.23. The van der Waals surface area contributed by atoms with E-state index in [4.69, 9.17) is 17.3 Å². The predicted molar refractivity (Wildman–Crippen MR) is 81.4 cm³/mol. The highest BCUT2D eigenvalue weighted by Crippen LogP contribution is 2.31. The first-order valence-electron chi connectivity index (χ1n) is 6.25. The zero-order valence-electron chi connectivity index (χ0n) is 10.4. The van der Waals surface area contributed by atoms with Crippen molar-refractivity contribution in [1.82, 2.24) is 0 Å². The fourth-order valence-electron chi connectivity index (χ4n) is 2.40. The van der Waals surface area contributed by atoms with Crippen molar-refractivity contribution in [3.8, 4) is 0 Å². The molecular formula is C17H14ClN. The van der Waals surface area contributed by atoms with E-state index < -0.39 is 0 Å². The molecule has 0 fully saturated rings. The highest BCUT2D eigenvalue weighted by molar-refractivity contribution is 6.35. The van der Waals surface area contributed by atoms with E-state index >= 15 is 0 Å². The van der Waals surface area contributed by atoms with Crippen LogP contribution in [0, 0.1) is 0 Å². The SMILES string of the molecule is NC(c1ccccc1)c1ccc(Cl)c2ccccc12. The molecule has 3 aromatic rings. The van der Waals surface area contributed by atoms with Gasteiger partial charge in [-0.2, -0.15) is 0 Å². The molecule has 3 rings (SSSR count). The molecule has 1 atom stereocenters. The Labute approximate surface area is 117 Å². The van der Waals surface area contributed by atoms with E-state index in [2.05, 4.69) is 6.07 Å². The van der Waals surface area contributed by atoms with E-state index in [-0.39, 0.29) is 6.04 Å². The fraction of sp³-hybridized carbons (Fsp3) is 0.0588. The lowest BCUT2D eigenvalue weighted by Gasteiger charge is -2.16. The maximum absolute atomic E-state index is 6.39. The number of halogens is 1. The van der Waals surface area contributed by atoms with Crippen molar-refractivity contribution >= 4 is 22.4 Å². The van der Waals surface area contributed by atoms with Crippen LogP contribution in [0.4, 0.5) is 0 Å². The van der Waals surface area contributed by atoms with Gasteiger partial charge in [-0.1, -0.05) is 72.3 Å². The molecule has 3 aromatic carbocycles. The first-order valence-corrected chi connectivity index (χ1v) is 6.63. The van der Waals surface area contributed by atoms with E-state index in [0.29, 0.717) is 0 Å². The van der Waals surface area contributed by atoms with Gasteiger partial charge in [0, 0.05) is 10.4 Å². The number of nitrogens with two attached hydrogens (primary N) is 1. The second-order valence-corrected chi connectivity index (χ2v) is 4.98. The number of rotatable bonds is 2. The quantitative estimate of drug-likeness (QED) is 0.725. The van der Waals surface area contributed by atoms with E-state index in [1.807, 2.05) is 60.7 Å². The molecule has 1 nitrogen and oxygen atoms in total. The highest BCUT2D eigenvalue weighted by atomic mass is 35.5. The van der Waals surface area contributed by atoms with Gasteiger partial charge in [0.05, 0.1) is 6.04 Å². The van der Waals surface area contributed by atoms with Crippen LogP contribution in [-0.2, 0) is 0 Å². The smallest absolute Gasteiger partial charge is 0.0557 e. The summed E-state index contributed by atoms with van der Waals surface area (Å²) in [6, 6.07) is 22.0. The molecule has 0 spiro atoms. The van der Waals surface area contributed by atoms with Gasteiger partial charge in [-0.25, -0.2) is 0 Å². The molecule has 0 aromatic heterocycles. The van der Waals surface area contributed by atoms with Crippen molar-refractivity contribution in [2.75, 3.05) is 0 Å². The number of fused-ring (bicyclic) bond motifs is 1. The lowest BCUT2D eigenvalue weighted by Crippen LogP contribution is -2.12. The molecule has 0 heterocycles. The van der Waals surface area contributed by atoms with Crippen LogP contribution in [0.25, 0.3) is 10.8 Å². The number of hydrogen-bond acceptors (Lipinski definition) is 1. The third-order valence-corrected chi connectivity index (χ3v) is 3.73. The number of hydrogen-bond donors (Lipinski definition) is 1. The van der Waals surface area contributed by atoms with Crippen molar-refractivity contribution in [3.05, 3.63) is 82.9 Å². The Morgan fingerprint density at radius 2 is 1.37 bits per heavy atom. The van der Waals surface area contributed by atoms with E-state index in [1.165, 1.54) is 0 Å². The van der Waals surface area contributed by atoms with Crippen LogP contribution in [0.5, 0.6) is 0 Å². The Kier molecular flexibility index (Phi) is 3.24. The summed E-state index contributed by atoms with van der Waals surface area (Å²) in [5.74, 6) is 0. The van der Waals surface area contributed by atoms with Crippen molar-refractivity contribution in [3.63, 3.8) is 0 Å². The van der Waals surface area contributed by atoms with Crippen molar-refractivity contribution in [2.45, 2.75) is 6.04 Å². The minimum atomic E-state index is -0.136. The predicted octanol–water partition coefficient (Wildman–Crippen LogP) is 4.54. The maximum atomic E-state index is 6.39. The largest absolute Gasteiger partial charge is 0.320 e. The van der Waals surface area contributed by atoms with E-state index in [1.54, 1.807) is 0 Å². The van der Waals surface area contributed by atoms with Crippen molar-refractivity contribution < 1.29 is 0 Å². The Morgan fingerprint density at radius 3 is 2.11 bits per heavy atom. The Bertz CT molecular complexity index is 707. The maximum Gasteiger partial charge on any atom is 0.0557 e. The summed E-state index contributed by atoms with van der Waals surface area (Å²) < 4.78 is 0. The molecule has 0 saturated carbocycles. The second kappa shape index (κ2) is 5.04. The molecule has 0 amide bonds. The second-order valence-electron chi connectivity index (χ2n) is 4.57. The molecule has 19 heavy (non-hydrogen) atoms. The van der Waals surface area contributed by atoms with Gasteiger partial charge in [-0.15, -0.1) is 0 Å². The van der Waals surface area contributed by atoms with Gasteiger partial charge in [0.25, 0.3) is 0 Å². The van der Waals surface area contributed by atoms with Crippen LogP contribution in [0.15, 0.2) is 66.7 Å². The van der Waals surface area contributed by atoms with Gasteiger partial charge in [0.1, 0.15) is 0 Å². The van der Waals surface area contributed by atoms with Crippen LogP contribution in [0.2, 0.25) is 5.02 Å². The molecular weight excluding hydrogens is 254 g/mol. The fourth-order valence-corrected chi connectivity index (χ4v) is 2.62. The monoisotopic (exact) mass is 267 g/mol. The van der Waals surface area contributed by atoms with Gasteiger partial charge >= 0.3 is 0 Å². The van der Waals surface area contributed by atoms with Gasteiger partial charge in [0.2, 0.25) is 0 Å². The van der Waals surface area contributed by atoms with Gasteiger partial charge in [-0.3, -0.25) is 0 Å². The summed E-state index contributed by atoms with van der Waals surface area (Å²) in [5.41, 5.74) is 8.60. The summed E-state index contributed by atoms with van der Waals surface area (Å²) in [6.07, 6.45) is 0. The first kappa shape index (κ1) is 12.2. The lowest BCUT2D eigenvalue weighted by atomic mass is 9.94. The molecule has 0 bridgehead atoms. The lowest BCUT2D eigenvalue weighted by molar-refractivity contribution is 0.881. The zero-order chi connectivity index (χ0) is 13.2. The molecule has 1 unspecified atom stereocenters. The van der Waals surface area contributed by atoms with Crippen LogP contribution in [0.1, 0.15) is 17.2 Å². The van der Waals surface area contributed by atoms with Crippen molar-refractivity contribution in [1.29, 1.82) is 0 Å². The molecule has 0 aliphatic carbocycles. The third-order valence-electron chi connectivity index (χ3n) is 3.40. The van der Waals surface area contributed by atoms with Crippen LogP contribution in [0.3, 0.4) is 0 Å². The Morgan fingerprint density at radius 1 is 0.737 bits per heavy atom. The Hall–Kier alpha value is -1.83. The molecule has 0 saturated heterocycles. The summed E-state index contributed by atoms with van der Waals surface area (Å²) in [7, 11) is 0. The molecule has 2 heteroatoms. The first-order chi connectivity index (χ1) is 9.27. The zero-order valence-corrected chi connectivity index (χ0v) is 11.1. The average Bonchev–Trinajstić information content (AvgIpc) is 2.48. The standard InChI is InChI=1S/C17H14ClN/c18-16-11-10-15(13-8-4-5-9-14(13)16)17(19)12-6-2-1-3-7-12/h1-11,17H,19H2. The van der Waals surface area contributed by atoms with E-state index in [0.717, 1.165) is 26.9 Å². The van der Waals surface area contributed by atoms with E-state index in [9.17, 15) is 0 Å². The van der Waals surface area contributed by atoms with Crippen molar-refractivity contribution in [2.24, 2.45) is 5.73 Å². The van der Waals surface area contributed by atoms with Gasteiger partial charge in [-0.05, 0) is 22.6 Å². The molecule has 2 N–H and O–H groups in total. The van der Waals surface area contributed by atoms with Gasteiger partial charge < -0.3 is 5.73 Å². The van der Waals surface area contributed by atoms with Crippen LogP contribution < -0.4 is 5.73 Å².